The van der Waals surface area contributed by atoms with E-state index in [0.29, 0.717) is 49.4 Å². The molecule has 198 valence electrons. The second-order valence-corrected chi connectivity index (χ2v) is 10.7. The van der Waals surface area contributed by atoms with Gasteiger partial charge in [-0.05, 0) is 31.5 Å². The van der Waals surface area contributed by atoms with Crippen LogP contribution in [0.25, 0.3) is 11.1 Å². The maximum absolute atomic E-state index is 12.8. The molecule has 0 fully saturated rings. The highest BCUT2D eigenvalue weighted by molar-refractivity contribution is 7.99. The number of rotatable bonds is 10. The minimum absolute atomic E-state index is 0.0670. The lowest BCUT2D eigenvalue weighted by molar-refractivity contribution is -0.113. The van der Waals surface area contributed by atoms with Crippen LogP contribution in [0.4, 0.5) is 5.00 Å². The van der Waals surface area contributed by atoms with Gasteiger partial charge in [0.15, 0.2) is 11.0 Å². The van der Waals surface area contributed by atoms with Crippen LogP contribution in [-0.2, 0) is 22.7 Å². The molecule has 0 unspecified atom stereocenters. The number of hydrogen-bond acceptors (Lipinski definition) is 8. The lowest BCUT2D eigenvalue weighted by Crippen LogP contribution is -2.16. The molecule has 0 spiro atoms. The van der Waals surface area contributed by atoms with E-state index in [4.69, 9.17) is 32.7 Å². The quantitative estimate of drug-likeness (QED) is 0.161. The van der Waals surface area contributed by atoms with Gasteiger partial charge in [-0.3, -0.25) is 4.79 Å². The lowest BCUT2D eigenvalue weighted by Gasteiger charge is -2.10. The highest BCUT2D eigenvalue weighted by Crippen LogP contribution is 2.36. The summed E-state index contributed by atoms with van der Waals surface area (Å²) in [5, 5.41) is 15.1. The number of carbonyl (C=O) groups is 2. The number of methoxy groups -OCH3 is 1. The van der Waals surface area contributed by atoms with Crippen molar-refractivity contribution in [2.24, 2.45) is 0 Å². The molecule has 2 aromatic carbocycles. The molecule has 0 atom stereocenters. The van der Waals surface area contributed by atoms with Crippen molar-refractivity contribution >= 4 is 63.2 Å². The van der Waals surface area contributed by atoms with Crippen molar-refractivity contribution in [1.82, 2.24) is 14.8 Å². The van der Waals surface area contributed by atoms with E-state index in [1.807, 2.05) is 48.1 Å². The summed E-state index contributed by atoms with van der Waals surface area (Å²) >= 11 is 14.7. The minimum Gasteiger partial charge on any atom is -0.484 e. The third-order valence-electron chi connectivity index (χ3n) is 5.49. The zero-order valence-electron chi connectivity index (χ0n) is 20.8. The molecule has 4 aromatic rings. The fourth-order valence-electron chi connectivity index (χ4n) is 3.57. The van der Waals surface area contributed by atoms with E-state index >= 15 is 0 Å². The average Bonchev–Trinajstić information content (AvgIpc) is 3.51. The molecule has 0 saturated heterocycles. The number of anilines is 1. The maximum Gasteiger partial charge on any atom is 0.341 e. The summed E-state index contributed by atoms with van der Waals surface area (Å²) in [7, 11) is 1.32. The highest BCUT2D eigenvalue weighted by Gasteiger charge is 2.23. The zero-order valence-corrected chi connectivity index (χ0v) is 23.9. The van der Waals surface area contributed by atoms with Crippen LogP contribution in [0, 0.1) is 6.92 Å². The number of amides is 1. The molecule has 8 nitrogen and oxygen atoms in total. The zero-order chi connectivity index (χ0) is 27.2. The van der Waals surface area contributed by atoms with Gasteiger partial charge >= 0.3 is 5.97 Å². The average molecular weight is 592 g/mol. The van der Waals surface area contributed by atoms with Gasteiger partial charge in [0.1, 0.15) is 22.9 Å². The predicted molar refractivity (Wildman–Crippen MR) is 152 cm³/mol. The summed E-state index contributed by atoms with van der Waals surface area (Å²) in [6.45, 7) is 4.65. The number of nitrogens with one attached hydrogen (secondary N) is 1. The van der Waals surface area contributed by atoms with Gasteiger partial charge in [-0.15, -0.1) is 21.5 Å². The second-order valence-electron chi connectivity index (χ2n) is 8.05. The molecule has 2 heterocycles. The third-order valence-corrected chi connectivity index (χ3v) is 7.90. The van der Waals surface area contributed by atoms with E-state index in [2.05, 4.69) is 15.5 Å². The van der Waals surface area contributed by atoms with Gasteiger partial charge in [0.05, 0.1) is 17.9 Å². The van der Waals surface area contributed by atoms with Crippen molar-refractivity contribution in [2.75, 3.05) is 18.2 Å². The normalized spacial score (nSPS) is 10.9. The van der Waals surface area contributed by atoms with Crippen molar-refractivity contribution < 1.29 is 19.1 Å². The van der Waals surface area contributed by atoms with Gasteiger partial charge < -0.3 is 19.4 Å². The molecular formula is C26H24Cl2N4O4S2. The smallest absolute Gasteiger partial charge is 0.341 e. The van der Waals surface area contributed by atoms with Crippen molar-refractivity contribution in [3.05, 3.63) is 74.8 Å². The number of halogens is 2. The fourth-order valence-corrected chi connectivity index (χ4v) is 5.70. The van der Waals surface area contributed by atoms with Gasteiger partial charge in [-0.1, -0.05) is 64.8 Å². The van der Waals surface area contributed by atoms with Crippen molar-refractivity contribution in [2.45, 2.75) is 32.2 Å². The molecule has 4 rings (SSSR count). The number of thiophene rings is 1. The Bertz CT molecular complexity index is 1450. The van der Waals surface area contributed by atoms with Crippen molar-refractivity contribution in [3.8, 4) is 16.9 Å². The number of ether oxygens (including phenoxy) is 2. The highest BCUT2D eigenvalue weighted by atomic mass is 35.5. The van der Waals surface area contributed by atoms with E-state index in [1.54, 1.807) is 18.2 Å². The number of hydrogen-bond donors (Lipinski definition) is 1. The molecule has 1 amide bonds. The number of aryl methyl sites for hydroxylation is 1. The first-order chi connectivity index (χ1) is 18.3. The molecule has 0 bridgehead atoms. The number of benzene rings is 2. The largest absolute Gasteiger partial charge is 0.484 e. The first-order valence-electron chi connectivity index (χ1n) is 11.5. The van der Waals surface area contributed by atoms with E-state index < -0.39 is 5.97 Å². The van der Waals surface area contributed by atoms with Crippen LogP contribution in [0.2, 0.25) is 10.0 Å². The SMILES string of the molecule is CCn1c(COc2cc(Cl)ccc2Cl)nnc1SCC(=O)Nc1scc(-c2ccc(C)cc2)c1C(=O)OC. The first kappa shape index (κ1) is 28.0. The molecule has 0 radical (unpaired) electrons. The van der Waals surface area contributed by atoms with E-state index in [1.165, 1.54) is 30.2 Å². The fraction of sp³-hybridized carbons (Fsp3) is 0.231. The summed E-state index contributed by atoms with van der Waals surface area (Å²) in [4.78, 5) is 25.4. The summed E-state index contributed by atoms with van der Waals surface area (Å²) in [6.07, 6.45) is 0. The van der Waals surface area contributed by atoms with Crippen LogP contribution in [0.15, 0.2) is 53.0 Å². The van der Waals surface area contributed by atoms with Crippen LogP contribution in [0.5, 0.6) is 5.75 Å². The Morgan fingerprint density at radius 2 is 1.89 bits per heavy atom. The van der Waals surface area contributed by atoms with Crippen LogP contribution < -0.4 is 10.1 Å². The Hall–Kier alpha value is -3.05. The molecular weight excluding hydrogens is 567 g/mol. The summed E-state index contributed by atoms with van der Waals surface area (Å²) < 4.78 is 12.6. The molecule has 12 heteroatoms. The van der Waals surface area contributed by atoms with Gasteiger partial charge in [-0.2, -0.15) is 0 Å². The summed E-state index contributed by atoms with van der Waals surface area (Å²) in [6, 6.07) is 12.8. The maximum atomic E-state index is 12.8. The Kier molecular flexibility index (Phi) is 9.32. The predicted octanol–water partition coefficient (Wildman–Crippen LogP) is 6.74. The Morgan fingerprint density at radius 1 is 1.13 bits per heavy atom. The van der Waals surface area contributed by atoms with E-state index in [0.717, 1.165) is 11.1 Å². The number of nitrogens with zero attached hydrogens (tertiary/aromatic N) is 3. The Balaban J connectivity index is 1.43. The van der Waals surface area contributed by atoms with Crippen LogP contribution in [0.3, 0.4) is 0 Å². The summed E-state index contributed by atoms with van der Waals surface area (Å²) in [5.41, 5.74) is 3.01. The number of aromatic nitrogens is 3. The van der Waals surface area contributed by atoms with Crippen LogP contribution in [0.1, 0.15) is 28.7 Å². The van der Waals surface area contributed by atoms with Gasteiger partial charge in [0.25, 0.3) is 0 Å². The molecule has 0 saturated carbocycles. The monoisotopic (exact) mass is 590 g/mol. The Labute approximate surface area is 238 Å². The van der Waals surface area contributed by atoms with Gasteiger partial charge in [0.2, 0.25) is 5.91 Å². The number of thioether (sulfide) groups is 1. The van der Waals surface area contributed by atoms with Crippen molar-refractivity contribution in [3.63, 3.8) is 0 Å². The number of carbonyl (C=O) groups excluding carboxylic acids is 2. The van der Waals surface area contributed by atoms with Gasteiger partial charge in [0, 0.05) is 28.6 Å². The Morgan fingerprint density at radius 3 is 2.61 bits per heavy atom. The lowest BCUT2D eigenvalue weighted by atomic mass is 10.0. The molecule has 38 heavy (non-hydrogen) atoms. The van der Waals surface area contributed by atoms with Crippen molar-refractivity contribution in [1.29, 1.82) is 0 Å². The molecule has 1 N–H and O–H groups in total. The standard InChI is InChI=1S/C26H24Cl2N4O4S2/c1-4-32-21(12-36-20-11-17(27)9-10-19(20)28)30-31-26(32)38-14-22(33)29-24-23(25(34)35-3)18(13-37-24)16-7-5-15(2)6-8-16/h5-11,13H,4,12,14H2,1-3H3,(H,29,33). The molecule has 0 aliphatic carbocycles. The first-order valence-corrected chi connectivity index (χ1v) is 14.1. The topological polar surface area (TPSA) is 95.3 Å². The van der Waals surface area contributed by atoms with E-state index in [9.17, 15) is 9.59 Å². The van der Waals surface area contributed by atoms with E-state index in [-0.39, 0.29) is 18.3 Å². The molecule has 0 aliphatic rings. The van der Waals surface area contributed by atoms with Crippen LogP contribution in [-0.4, -0.2) is 39.5 Å². The third kappa shape index (κ3) is 6.50. The summed E-state index contributed by atoms with van der Waals surface area (Å²) in [5.74, 6) is 0.296. The minimum atomic E-state index is -0.514. The number of esters is 1. The second kappa shape index (κ2) is 12.7. The molecule has 0 aliphatic heterocycles. The van der Waals surface area contributed by atoms with Crippen LogP contribution >= 0.6 is 46.3 Å². The molecule has 2 aromatic heterocycles. The van der Waals surface area contributed by atoms with Gasteiger partial charge in [-0.25, -0.2) is 4.79 Å².